The molecule has 0 aliphatic carbocycles. The largest absolute Gasteiger partial charge is 0.433 e. The van der Waals surface area contributed by atoms with Crippen molar-refractivity contribution in [2.24, 2.45) is 0 Å². The van der Waals surface area contributed by atoms with E-state index >= 15 is 0 Å². The first-order chi connectivity index (χ1) is 14.0. The Hall–Kier alpha value is -4.00. The summed E-state index contributed by atoms with van der Waals surface area (Å²) >= 11 is 0. The van der Waals surface area contributed by atoms with Gasteiger partial charge in [0.05, 0.1) is 4.92 Å². The molecule has 0 bridgehead atoms. The van der Waals surface area contributed by atoms with E-state index < -0.39 is 4.92 Å². The first-order valence-electron chi connectivity index (χ1n) is 9.01. The first kappa shape index (κ1) is 18.4. The van der Waals surface area contributed by atoms with Gasteiger partial charge in [0, 0.05) is 11.1 Å². The summed E-state index contributed by atoms with van der Waals surface area (Å²) in [5.41, 5.74) is 2.47. The van der Waals surface area contributed by atoms with E-state index in [0.717, 1.165) is 21.9 Å². The van der Waals surface area contributed by atoms with Crippen molar-refractivity contribution in [1.29, 1.82) is 0 Å². The monoisotopic (exact) mass is 386 g/mol. The number of aromatic nitrogens is 2. The molecule has 0 saturated heterocycles. The van der Waals surface area contributed by atoms with Crippen molar-refractivity contribution < 1.29 is 9.66 Å². The van der Waals surface area contributed by atoms with E-state index in [9.17, 15) is 10.1 Å². The van der Waals surface area contributed by atoms with E-state index in [-0.39, 0.29) is 17.4 Å². The zero-order chi connectivity index (χ0) is 20.4. The van der Waals surface area contributed by atoms with Gasteiger partial charge in [-0.25, -0.2) is 4.98 Å². The Morgan fingerprint density at radius 2 is 1.69 bits per heavy atom. The average molecular weight is 386 g/mol. The van der Waals surface area contributed by atoms with Gasteiger partial charge >= 0.3 is 11.6 Å². The summed E-state index contributed by atoms with van der Waals surface area (Å²) < 4.78 is 5.88. The summed E-state index contributed by atoms with van der Waals surface area (Å²) in [6.45, 7) is 3.92. The molecule has 7 nitrogen and oxygen atoms in total. The molecule has 0 amide bonds. The molecular formula is C22H18N4O3. The zero-order valence-corrected chi connectivity index (χ0v) is 15.9. The summed E-state index contributed by atoms with van der Waals surface area (Å²) in [5.74, 6) is 0.445. The van der Waals surface area contributed by atoms with E-state index in [1.54, 1.807) is 6.07 Å². The standard InChI is InChI=1S/C22H18N4O3/c1-14-10-15(2)12-17(11-14)25-21-20(26(27)28)22(24-13-23-21)29-19-9-5-7-16-6-3-4-8-18(16)19/h3-13H,1-2H3,(H,23,24,25). The predicted molar refractivity (Wildman–Crippen MR) is 112 cm³/mol. The Morgan fingerprint density at radius 3 is 2.45 bits per heavy atom. The van der Waals surface area contributed by atoms with E-state index in [4.69, 9.17) is 4.74 Å². The van der Waals surface area contributed by atoms with Crippen LogP contribution in [0.15, 0.2) is 67.0 Å². The van der Waals surface area contributed by atoms with Crippen LogP contribution in [0.5, 0.6) is 11.6 Å². The normalized spacial score (nSPS) is 10.7. The smallest absolute Gasteiger partial charge is 0.373 e. The lowest BCUT2D eigenvalue weighted by Crippen LogP contribution is -2.04. The van der Waals surface area contributed by atoms with E-state index in [2.05, 4.69) is 15.3 Å². The van der Waals surface area contributed by atoms with Gasteiger partial charge in [-0.1, -0.05) is 42.5 Å². The van der Waals surface area contributed by atoms with E-state index in [0.29, 0.717) is 11.4 Å². The minimum absolute atomic E-state index is 0.0743. The number of benzene rings is 3. The second-order valence-electron chi connectivity index (χ2n) is 6.71. The van der Waals surface area contributed by atoms with Gasteiger partial charge in [-0.2, -0.15) is 4.98 Å². The van der Waals surface area contributed by atoms with Gasteiger partial charge in [0.25, 0.3) is 0 Å². The molecule has 0 saturated carbocycles. The number of nitrogens with zero attached hydrogens (tertiary/aromatic N) is 3. The molecule has 1 aromatic heterocycles. The second kappa shape index (κ2) is 7.55. The molecule has 0 radical (unpaired) electrons. The number of nitro groups is 1. The number of hydrogen-bond donors (Lipinski definition) is 1. The molecule has 0 unspecified atom stereocenters. The van der Waals surface area contributed by atoms with Crippen molar-refractivity contribution >= 4 is 28.0 Å². The lowest BCUT2D eigenvalue weighted by atomic mass is 10.1. The van der Waals surface area contributed by atoms with Crippen LogP contribution < -0.4 is 10.1 Å². The van der Waals surface area contributed by atoms with Crippen LogP contribution in [0, 0.1) is 24.0 Å². The molecule has 0 fully saturated rings. The van der Waals surface area contributed by atoms with Gasteiger partial charge in [0.2, 0.25) is 5.82 Å². The van der Waals surface area contributed by atoms with Crippen LogP contribution in [-0.2, 0) is 0 Å². The maximum absolute atomic E-state index is 11.8. The Kier molecular flexibility index (Phi) is 4.78. The fourth-order valence-corrected chi connectivity index (χ4v) is 3.27. The molecule has 0 atom stereocenters. The van der Waals surface area contributed by atoms with Crippen molar-refractivity contribution in [3.05, 3.63) is 88.2 Å². The third-order valence-corrected chi connectivity index (χ3v) is 4.41. The fourth-order valence-electron chi connectivity index (χ4n) is 3.27. The number of hydrogen-bond acceptors (Lipinski definition) is 6. The van der Waals surface area contributed by atoms with Gasteiger partial charge in [-0.3, -0.25) is 10.1 Å². The highest BCUT2D eigenvalue weighted by molar-refractivity contribution is 5.88. The molecule has 144 valence electrons. The molecule has 4 aromatic rings. The highest BCUT2D eigenvalue weighted by atomic mass is 16.6. The third-order valence-electron chi connectivity index (χ3n) is 4.41. The molecule has 1 heterocycles. The lowest BCUT2D eigenvalue weighted by molar-refractivity contribution is -0.385. The number of rotatable bonds is 5. The van der Waals surface area contributed by atoms with Crippen LogP contribution in [0.25, 0.3) is 10.8 Å². The Morgan fingerprint density at radius 1 is 0.966 bits per heavy atom. The maximum Gasteiger partial charge on any atom is 0.373 e. The van der Waals surface area contributed by atoms with E-state index in [1.165, 1.54) is 6.33 Å². The molecule has 29 heavy (non-hydrogen) atoms. The first-order valence-corrected chi connectivity index (χ1v) is 9.01. The molecule has 7 heteroatoms. The van der Waals surface area contributed by atoms with Crippen LogP contribution in [0.3, 0.4) is 0 Å². The Balaban J connectivity index is 1.76. The van der Waals surface area contributed by atoms with Gasteiger partial charge in [-0.05, 0) is 48.6 Å². The quantitative estimate of drug-likeness (QED) is 0.350. The average Bonchev–Trinajstić information content (AvgIpc) is 2.67. The number of fused-ring (bicyclic) bond motifs is 1. The summed E-state index contributed by atoms with van der Waals surface area (Å²) in [6.07, 6.45) is 1.25. The SMILES string of the molecule is Cc1cc(C)cc(Nc2ncnc(Oc3cccc4ccccc34)c2[N+](=O)[O-])c1. The van der Waals surface area contributed by atoms with Crippen LogP contribution in [0.1, 0.15) is 11.1 Å². The number of anilines is 2. The van der Waals surface area contributed by atoms with Crippen LogP contribution in [0.4, 0.5) is 17.2 Å². The van der Waals surface area contributed by atoms with Gasteiger partial charge in [-0.15, -0.1) is 0 Å². The fraction of sp³-hybridized carbons (Fsp3) is 0.0909. The molecule has 0 aliphatic rings. The Labute approximate surface area is 167 Å². The molecule has 1 N–H and O–H groups in total. The van der Waals surface area contributed by atoms with Gasteiger partial charge < -0.3 is 10.1 Å². The molecule has 3 aromatic carbocycles. The van der Waals surface area contributed by atoms with Crippen LogP contribution in [-0.4, -0.2) is 14.9 Å². The molecule has 0 aliphatic heterocycles. The van der Waals surface area contributed by atoms with Crippen LogP contribution in [0.2, 0.25) is 0 Å². The molecular weight excluding hydrogens is 368 g/mol. The topological polar surface area (TPSA) is 90.2 Å². The summed E-state index contributed by atoms with van der Waals surface area (Å²) in [6, 6.07) is 19.0. The van der Waals surface area contributed by atoms with Crippen molar-refractivity contribution in [3.8, 4) is 11.6 Å². The Bertz CT molecular complexity index is 1200. The second-order valence-corrected chi connectivity index (χ2v) is 6.71. The van der Waals surface area contributed by atoms with Crippen molar-refractivity contribution in [2.75, 3.05) is 5.32 Å². The number of aryl methyl sites for hydroxylation is 2. The number of nitrogens with one attached hydrogen (secondary N) is 1. The summed E-state index contributed by atoms with van der Waals surface area (Å²) in [4.78, 5) is 19.4. The summed E-state index contributed by atoms with van der Waals surface area (Å²) in [5, 5.41) is 16.7. The highest BCUT2D eigenvalue weighted by Gasteiger charge is 2.25. The molecule has 4 rings (SSSR count). The number of ether oxygens (including phenoxy) is 1. The van der Waals surface area contributed by atoms with Crippen molar-refractivity contribution in [3.63, 3.8) is 0 Å². The lowest BCUT2D eigenvalue weighted by Gasteiger charge is -2.11. The van der Waals surface area contributed by atoms with Crippen molar-refractivity contribution in [2.45, 2.75) is 13.8 Å². The van der Waals surface area contributed by atoms with E-state index in [1.807, 2.05) is 68.4 Å². The predicted octanol–water partition coefficient (Wildman–Crippen LogP) is 5.69. The van der Waals surface area contributed by atoms with Gasteiger partial charge in [0.1, 0.15) is 12.1 Å². The maximum atomic E-state index is 11.8. The zero-order valence-electron chi connectivity index (χ0n) is 15.9. The van der Waals surface area contributed by atoms with Crippen LogP contribution >= 0.6 is 0 Å². The third kappa shape index (κ3) is 3.84. The highest BCUT2D eigenvalue weighted by Crippen LogP contribution is 2.37. The minimum atomic E-state index is -0.536. The molecule has 0 spiro atoms. The summed E-state index contributed by atoms with van der Waals surface area (Å²) in [7, 11) is 0. The van der Waals surface area contributed by atoms with Crippen molar-refractivity contribution in [1.82, 2.24) is 9.97 Å². The minimum Gasteiger partial charge on any atom is -0.433 e. The van der Waals surface area contributed by atoms with Gasteiger partial charge in [0.15, 0.2) is 0 Å².